The summed E-state index contributed by atoms with van der Waals surface area (Å²) in [6.07, 6.45) is 6.80. The van der Waals surface area contributed by atoms with Crippen molar-refractivity contribution in [2.45, 2.75) is 44.1 Å². The van der Waals surface area contributed by atoms with E-state index in [2.05, 4.69) is 15.3 Å². The Bertz CT molecular complexity index is 515. The molecule has 0 radical (unpaired) electrons. The number of nitrogens with zero attached hydrogens (tertiary/aromatic N) is 2. The van der Waals surface area contributed by atoms with Gasteiger partial charge in [-0.1, -0.05) is 30.9 Å². The minimum Gasteiger partial charge on any atom is -0.481 e. The van der Waals surface area contributed by atoms with Crippen LogP contribution in [0.3, 0.4) is 0 Å². The van der Waals surface area contributed by atoms with Gasteiger partial charge in [0.25, 0.3) is 5.91 Å². The first kappa shape index (κ1) is 14.7. The number of carboxylic acid groups (broad SMARTS) is 1. The molecule has 20 heavy (non-hydrogen) atoms. The first-order valence-corrected chi connectivity index (χ1v) is 6.90. The molecule has 0 atom stereocenters. The highest BCUT2D eigenvalue weighted by Crippen LogP contribution is 2.31. The van der Waals surface area contributed by atoms with E-state index in [0.717, 1.165) is 19.3 Å². The van der Waals surface area contributed by atoms with E-state index in [-0.39, 0.29) is 17.3 Å². The Labute approximate surface area is 121 Å². The van der Waals surface area contributed by atoms with E-state index in [1.54, 1.807) is 0 Å². The summed E-state index contributed by atoms with van der Waals surface area (Å²) in [6.45, 7) is 0. The van der Waals surface area contributed by atoms with Gasteiger partial charge in [0.05, 0.1) is 24.4 Å². The van der Waals surface area contributed by atoms with Crippen LogP contribution in [0, 0.1) is 0 Å². The van der Waals surface area contributed by atoms with E-state index < -0.39 is 17.4 Å². The van der Waals surface area contributed by atoms with Crippen LogP contribution in [-0.2, 0) is 4.79 Å². The number of aliphatic carboxylic acids is 1. The van der Waals surface area contributed by atoms with Crippen LogP contribution >= 0.6 is 11.6 Å². The first-order chi connectivity index (χ1) is 9.51. The van der Waals surface area contributed by atoms with Gasteiger partial charge >= 0.3 is 5.97 Å². The van der Waals surface area contributed by atoms with Crippen LogP contribution in [0.15, 0.2) is 12.4 Å². The second-order valence-electron chi connectivity index (χ2n) is 5.09. The molecule has 1 aromatic rings. The molecule has 6 nitrogen and oxygen atoms in total. The molecule has 0 bridgehead atoms. The van der Waals surface area contributed by atoms with Crippen LogP contribution in [0.2, 0.25) is 5.15 Å². The van der Waals surface area contributed by atoms with E-state index in [4.69, 9.17) is 16.7 Å². The Balaban J connectivity index is 2.15. The zero-order chi connectivity index (χ0) is 14.6. The number of amides is 1. The van der Waals surface area contributed by atoms with E-state index in [1.165, 1.54) is 12.4 Å². The van der Waals surface area contributed by atoms with E-state index >= 15 is 0 Å². The molecule has 2 rings (SSSR count). The largest absolute Gasteiger partial charge is 0.481 e. The van der Waals surface area contributed by atoms with Gasteiger partial charge in [-0.15, -0.1) is 0 Å². The van der Waals surface area contributed by atoms with Crippen molar-refractivity contribution in [1.29, 1.82) is 0 Å². The molecule has 0 saturated heterocycles. The standard InChI is InChI=1S/C13H16ClN3O3/c14-10-8-15-7-9(16-10)12(20)17-13(6-11(18)19)4-2-1-3-5-13/h7-8H,1-6H2,(H,17,20)(H,18,19). The highest BCUT2D eigenvalue weighted by molar-refractivity contribution is 6.29. The molecule has 1 saturated carbocycles. The van der Waals surface area contributed by atoms with E-state index in [0.29, 0.717) is 12.8 Å². The molecule has 0 spiro atoms. The number of halogens is 1. The summed E-state index contributed by atoms with van der Waals surface area (Å²) in [5.41, 5.74) is -0.585. The molecule has 0 aliphatic heterocycles. The lowest BCUT2D eigenvalue weighted by molar-refractivity contribution is -0.139. The number of rotatable bonds is 4. The van der Waals surface area contributed by atoms with Crippen LogP contribution in [0.4, 0.5) is 0 Å². The number of carbonyl (C=O) groups is 2. The average Bonchev–Trinajstić information content (AvgIpc) is 2.38. The molecule has 108 valence electrons. The lowest BCUT2D eigenvalue weighted by atomic mass is 9.79. The van der Waals surface area contributed by atoms with Gasteiger partial charge in [-0.3, -0.25) is 14.6 Å². The topological polar surface area (TPSA) is 92.2 Å². The van der Waals surface area contributed by atoms with Crippen LogP contribution in [0.1, 0.15) is 49.0 Å². The fourth-order valence-electron chi connectivity index (χ4n) is 2.62. The Morgan fingerprint density at radius 2 is 2.00 bits per heavy atom. The molecule has 1 fully saturated rings. The molecule has 0 unspecified atom stereocenters. The second-order valence-corrected chi connectivity index (χ2v) is 5.48. The van der Waals surface area contributed by atoms with E-state index in [9.17, 15) is 9.59 Å². The van der Waals surface area contributed by atoms with Gasteiger partial charge in [0, 0.05) is 0 Å². The molecule has 1 heterocycles. The molecule has 1 aliphatic rings. The maximum Gasteiger partial charge on any atom is 0.305 e. The van der Waals surface area contributed by atoms with E-state index in [1.807, 2.05) is 0 Å². The fraction of sp³-hybridized carbons (Fsp3) is 0.538. The van der Waals surface area contributed by atoms with Gasteiger partial charge in [-0.25, -0.2) is 4.98 Å². The van der Waals surface area contributed by atoms with Crippen molar-refractivity contribution in [3.63, 3.8) is 0 Å². The molecule has 1 aromatic heterocycles. The van der Waals surface area contributed by atoms with Gasteiger partial charge < -0.3 is 10.4 Å². The maximum atomic E-state index is 12.2. The number of hydrogen-bond donors (Lipinski definition) is 2. The minimum atomic E-state index is -0.913. The second kappa shape index (κ2) is 6.17. The zero-order valence-electron chi connectivity index (χ0n) is 10.9. The molecule has 1 amide bonds. The van der Waals surface area contributed by atoms with Gasteiger partial charge in [-0.05, 0) is 12.8 Å². The van der Waals surface area contributed by atoms with Crippen LogP contribution in [0.5, 0.6) is 0 Å². The molecule has 2 N–H and O–H groups in total. The predicted molar refractivity (Wildman–Crippen MR) is 72.6 cm³/mol. The quantitative estimate of drug-likeness (QED) is 0.887. The van der Waals surface area contributed by atoms with Gasteiger partial charge in [0.15, 0.2) is 0 Å². The highest BCUT2D eigenvalue weighted by atomic mass is 35.5. The Morgan fingerprint density at radius 3 is 2.60 bits per heavy atom. The Hall–Kier alpha value is -1.69. The smallest absolute Gasteiger partial charge is 0.305 e. The van der Waals surface area contributed by atoms with Crippen molar-refractivity contribution in [2.75, 3.05) is 0 Å². The van der Waals surface area contributed by atoms with Crippen molar-refractivity contribution in [2.24, 2.45) is 0 Å². The normalized spacial score (nSPS) is 17.4. The summed E-state index contributed by atoms with van der Waals surface area (Å²) in [7, 11) is 0. The Kier molecular flexibility index (Phi) is 4.54. The first-order valence-electron chi connectivity index (χ1n) is 6.53. The monoisotopic (exact) mass is 297 g/mol. The molecular formula is C13H16ClN3O3. The lowest BCUT2D eigenvalue weighted by Crippen LogP contribution is -2.51. The summed E-state index contributed by atoms with van der Waals surface area (Å²) >= 11 is 5.70. The SMILES string of the molecule is O=C(O)CC1(NC(=O)c2cncc(Cl)n2)CCCCC1. The molecular weight excluding hydrogens is 282 g/mol. The number of hydrogen-bond acceptors (Lipinski definition) is 4. The predicted octanol–water partition coefficient (Wildman–Crippen LogP) is 2.04. The summed E-state index contributed by atoms with van der Waals surface area (Å²) in [6, 6.07) is 0. The van der Waals surface area contributed by atoms with Crippen molar-refractivity contribution < 1.29 is 14.7 Å². The third kappa shape index (κ3) is 3.66. The summed E-state index contributed by atoms with van der Waals surface area (Å²) in [4.78, 5) is 30.9. The summed E-state index contributed by atoms with van der Waals surface area (Å²) in [5, 5.41) is 12.0. The minimum absolute atomic E-state index is 0.0767. The van der Waals surface area contributed by atoms with Crippen molar-refractivity contribution in [1.82, 2.24) is 15.3 Å². The van der Waals surface area contributed by atoms with Crippen molar-refractivity contribution in [3.8, 4) is 0 Å². The average molecular weight is 298 g/mol. The number of nitrogens with one attached hydrogen (secondary N) is 1. The number of carbonyl (C=O) groups excluding carboxylic acids is 1. The molecule has 1 aliphatic carbocycles. The third-order valence-electron chi connectivity index (χ3n) is 3.52. The lowest BCUT2D eigenvalue weighted by Gasteiger charge is -2.36. The summed E-state index contributed by atoms with van der Waals surface area (Å²) < 4.78 is 0. The fourth-order valence-corrected chi connectivity index (χ4v) is 2.77. The van der Waals surface area contributed by atoms with Crippen LogP contribution in [0.25, 0.3) is 0 Å². The van der Waals surface area contributed by atoms with Gasteiger partial charge in [-0.2, -0.15) is 0 Å². The number of carboxylic acids is 1. The van der Waals surface area contributed by atoms with Crippen LogP contribution < -0.4 is 5.32 Å². The van der Waals surface area contributed by atoms with Gasteiger partial charge in [0.2, 0.25) is 0 Å². The maximum absolute atomic E-state index is 12.2. The summed E-state index contributed by atoms with van der Waals surface area (Å²) in [5.74, 6) is -1.34. The highest BCUT2D eigenvalue weighted by Gasteiger charge is 2.36. The zero-order valence-corrected chi connectivity index (χ0v) is 11.7. The van der Waals surface area contributed by atoms with Crippen molar-refractivity contribution >= 4 is 23.5 Å². The van der Waals surface area contributed by atoms with Crippen LogP contribution in [-0.4, -0.2) is 32.5 Å². The third-order valence-corrected chi connectivity index (χ3v) is 3.70. The van der Waals surface area contributed by atoms with Crippen molar-refractivity contribution in [3.05, 3.63) is 23.2 Å². The number of aromatic nitrogens is 2. The Morgan fingerprint density at radius 1 is 1.30 bits per heavy atom. The molecule has 7 heteroatoms. The van der Waals surface area contributed by atoms with Gasteiger partial charge in [0.1, 0.15) is 10.8 Å². The molecule has 0 aromatic carbocycles.